The SMILES string of the molecule is O=C(c1cccc(F)c1)N1CCN(c2cccc3[nH]c(=O)oc23)CC1. The van der Waals surface area contributed by atoms with Gasteiger partial charge in [0.05, 0.1) is 11.2 Å². The minimum absolute atomic E-state index is 0.175. The fraction of sp³-hybridized carbons (Fsp3) is 0.222. The number of hydrogen-bond acceptors (Lipinski definition) is 4. The van der Waals surface area contributed by atoms with Gasteiger partial charge in [-0.3, -0.25) is 9.78 Å². The molecule has 2 aromatic carbocycles. The zero-order valence-corrected chi connectivity index (χ0v) is 13.4. The molecule has 128 valence electrons. The summed E-state index contributed by atoms with van der Waals surface area (Å²) in [6.45, 7) is 2.24. The molecule has 0 unspecified atom stereocenters. The molecule has 0 atom stereocenters. The van der Waals surface area contributed by atoms with Gasteiger partial charge in [-0.25, -0.2) is 9.18 Å². The quantitative estimate of drug-likeness (QED) is 0.776. The van der Waals surface area contributed by atoms with Gasteiger partial charge in [0.25, 0.3) is 5.91 Å². The normalized spacial score (nSPS) is 14.9. The third kappa shape index (κ3) is 2.88. The second-order valence-corrected chi connectivity index (χ2v) is 5.96. The molecule has 1 aliphatic rings. The smallest absolute Gasteiger partial charge is 0.406 e. The first-order valence-corrected chi connectivity index (χ1v) is 8.03. The van der Waals surface area contributed by atoms with E-state index in [1.165, 1.54) is 18.2 Å². The van der Waals surface area contributed by atoms with E-state index in [2.05, 4.69) is 9.88 Å². The molecule has 0 radical (unpaired) electrons. The molecule has 0 bridgehead atoms. The van der Waals surface area contributed by atoms with E-state index in [9.17, 15) is 14.0 Å². The number of rotatable bonds is 2. The lowest BCUT2D eigenvalue weighted by atomic mass is 10.1. The molecule has 25 heavy (non-hydrogen) atoms. The Morgan fingerprint density at radius 3 is 2.60 bits per heavy atom. The summed E-state index contributed by atoms with van der Waals surface area (Å²) >= 11 is 0. The summed E-state index contributed by atoms with van der Waals surface area (Å²) < 4.78 is 18.5. The number of halogens is 1. The van der Waals surface area contributed by atoms with Gasteiger partial charge in [0.2, 0.25) is 0 Å². The monoisotopic (exact) mass is 341 g/mol. The van der Waals surface area contributed by atoms with Crippen LogP contribution in [0.2, 0.25) is 0 Å². The van der Waals surface area contributed by atoms with E-state index in [0.29, 0.717) is 42.8 Å². The zero-order chi connectivity index (χ0) is 17.4. The molecular formula is C18H16FN3O3. The summed E-state index contributed by atoms with van der Waals surface area (Å²) in [5, 5.41) is 0. The second kappa shape index (κ2) is 6.08. The summed E-state index contributed by atoms with van der Waals surface area (Å²) in [6.07, 6.45) is 0. The number of carbonyl (C=O) groups is 1. The third-order valence-corrected chi connectivity index (χ3v) is 4.40. The maximum Gasteiger partial charge on any atom is 0.417 e. The summed E-state index contributed by atoms with van der Waals surface area (Å²) in [7, 11) is 0. The highest BCUT2D eigenvalue weighted by molar-refractivity contribution is 5.94. The van der Waals surface area contributed by atoms with Crippen molar-refractivity contribution < 1.29 is 13.6 Å². The Labute approximate surface area is 142 Å². The van der Waals surface area contributed by atoms with E-state index in [1.807, 2.05) is 12.1 Å². The number of hydrogen-bond donors (Lipinski definition) is 1. The van der Waals surface area contributed by atoms with E-state index in [0.717, 1.165) is 5.69 Å². The molecule has 4 rings (SSSR count). The lowest BCUT2D eigenvalue weighted by molar-refractivity contribution is 0.0746. The number of H-pyrrole nitrogens is 1. The van der Waals surface area contributed by atoms with Crippen molar-refractivity contribution in [3.63, 3.8) is 0 Å². The number of para-hydroxylation sites is 1. The van der Waals surface area contributed by atoms with Crippen LogP contribution in [0.3, 0.4) is 0 Å². The maximum absolute atomic E-state index is 13.3. The topological polar surface area (TPSA) is 69.6 Å². The Balaban J connectivity index is 1.51. The molecule has 0 aliphatic carbocycles. The highest BCUT2D eigenvalue weighted by Crippen LogP contribution is 2.26. The Bertz CT molecular complexity index is 986. The number of carbonyl (C=O) groups excluding carboxylic acids is 1. The lowest BCUT2D eigenvalue weighted by Crippen LogP contribution is -2.48. The molecule has 1 N–H and O–H groups in total. The Morgan fingerprint density at radius 2 is 1.84 bits per heavy atom. The van der Waals surface area contributed by atoms with Crippen molar-refractivity contribution in [3.05, 3.63) is 64.4 Å². The summed E-state index contributed by atoms with van der Waals surface area (Å²) in [6, 6.07) is 11.3. The number of benzene rings is 2. The van der Waals surface area contributed by atoms with Crippen LogP contribution in [0.1, 0.15) is 10.4 Å². The molecule has 0 spiro atoms. The van der Waals surface area contributed by atoms with Crippen molar-refractivity contribution in [1.82, 2.24) is 9.88 Å². The van der Waals surface area contributed by atoms with Gasteiger partial charge < -0.3 is 14.2 Å². The molecule has 6 nitrogen and oxygen atoms in total. The van der Waals surface area contributed by atoms with E-state index in [1.54, 1.807) is 17.0 Å². The van der Waals surface area contributed by atoms with Crippen molar-refractivity contribution in [2.75, 3.05) is 31.1 Å². The van der Waals surface area contributed by atoms with Gasteiger partial charge in [-0.2, -0.15) is 0 Å². The molecule has 0 saturated carbocycles. The number of piperazine rings is 1. The van der Waals surface area contributed by atoms with Gasteiger partial charge in [-0.05, 0) is 30.3 Å². The molecular weight excluding hydrogens is 325 g/mol. The number of nitrogens with zero attached hydrogens (tertiary/aromatic N) is 2. The number of nitrogens with one attached hydrogen (secondary N) is 1. The molecule has 3 aromatic rings. The Morgan fingerprint density at radius 1 is 1.08 bits per heavy atom. The summed E-state index contributed by atoms with van der Waals surface area (Å²) in [5.41, 5.74) is 2.36. The first-order chi connectivity index (χ1) is 12.1. The van der Waals surface area contributed by atoms with Gasteiger partial charge in [0.15, 0.2) is 5.58 Å². The van der Waals surface area contributed by atoms with E-state index in [-0.39, 0.29) is 5.91 Å². The largest absolute Gasteiger partial charge is 0.417 e. The highest BCUT2D eigenvalue weighted by Gasteiger charge is 2.24. The van der Waals surface area contributed by atoms with E-state index in [4.69, 9.17) is 4.42 Å². The Hall–Kier alpha value is -3.09. The Kier molecular flexibility index (Phi) is 3.76. The van der Waals surface area contributed by atoms with Gasteiger partial charge in [-0.1, -0.05) is 12.1 Å². The van der Waals surface area contributed by atoms with Crippen LogP contribution in [-0.2, 0) is 0 Å². The minimum atomic E-state index is -0.484. The van der Waals surface area contributed by atoms with Crippen LogP contribution in [0.5, 0.6) is 0 Å². The molecule has 2 heterocycles. The second-order valence-electron chi connectivity index (χ2n) is 5.96. The van der Waals surface area contributed by atoms with Gasteiger partial charge in [-0.15, -0.1) is 0 Å². The first-order valence-electron chi connectivity index (χ1n) is 8.03. The van der Waals surface area contributed by atoms with Crippen LogP contribution in [0.25, 0.3) is 11.1 Å². The fourth-order valence-corrected chi connectivity index (χ4v) is 3.16. The fourth-order valence-electron chi connectivity index (χ4n) is 3.16. The molecule has 1 aliphatic heterocycles. The molecule has 1 fully saturated rings. The van der Waals surface area contributed by atoms with E-state index < -0.39 is 11.6 Å². The maximum atomic E-state index is 13.3. The zero-order valence-electron chi connectivity index (χ0n) is 13.4. The average Bonchev–Trinajstić information content (AvgIpc) is 3.01. The molecule has 1 aromatic heterocycles. The molecule has 1 saturated heterocycles. The van der Waals surface area contributed by atoms with Crippen molar-refractivity contribution in [2.45, 2.75) is 0 Å². The van der Waals surface area contributed by atoms with Crippen molar-refractivity contribution in [1.29, 1.82) is 0 Å². The van der Waals surface area contributed by atoms with Crippen LogP contribution in [0, 0.1) is 5.82 Å². The minimum Gasteiger partial charge on any atom is -0.406 e. The lowest BCUT2D eigenvalue weighted by Gasteiger charge is -2.36. The van der Waals surface area contributed by atoms with Crippen LogP contribution in [0.15, 0.2) is 51.7 Å². The summed E-state index contributed by atoms with van der Waals surface area (Å²) in [5.74, 6) is -1.08. The number of amides is 1. The number of oxazole rings is 1. The van der Waals surface area contributed by atoms with Crippen molar-refractivity contribution >= 4 is 22.7 Å². The molecule has 7 heteroatoms. The number of aromatic nitrogens is 1. The predicted molar refractivity (Wildman–Crippen MR) is 91.4 cm³/mol. The first kappa shape index (κ1) is 15.4. The van der Waals surface area contributed by atoms with Crippen LogP contribution in [0.4, 0.5) is 10.1 Å². The van der Waals surface area contributed by atoms with Gasteiger partial charge >= 0.3 is 5.76 Å². The van der Waals surface area contributed by atoms with Crippen molar-refractivity contribution in [3.8, 4) is 0 Å². The molecule has 1 amide bonds. The predicted octanol–water partition coefficient (Wildman–Crippen LogP) is 2.22. The average molecular weight is 341 g/mol. The van der Waals surface area contributed by atoms with Crippen LogP contribution >= 0.6 is 0 Å². The van der Waals surface area contributed by atoms with Gasteiger partial charge in [0.1, 0.15) is 5.82 Å². The number of anilines is 1. The highest BCUT2D eigenvalue weighted by atomic mass is 19.1. The van der Waals surface area contributed by atoms with E-state index >= 15 is 0 Å². The van der Waals surface area contributed by atoms with Crippen LogP contribution in [-0.4, -0.2) is 42.0 Å². The summed E-state index contributed by atoms with van der Waals surface area (Å²) in [4.78, 5) is 30.3. The number of aromatic amines is 1. The third-order valence-electron chi connectivity index (χ3n) is 4.40. The van der Waals surface area contributed by atoms with Crippen molar-refractivity contribution in [2.24, 2.45) is 0 Å². The standard InChI is InChI=1S/C18H16FN3O3/c19-13-4-1-3-12(11-13)17(23)22-9-7-21(8-10-22)15-6-2-5-14-16(15)25-18(24)20-14/h1-6,11H,7-10H2,(H,20,24). The van der Waals surface area contributed by atoms with Gasteiger partial charge in [0, 0.05) is 31.7 Å². The number of fused-ring (bicyclic) bond motifs is 1. The van der Waals surface area contributed by atoms with Crippen LogP contribution < -0.4 is 10.7 Å².